The Labute approximate surface area is 84.1 Å². The van der Waals surface area contributed by atoms with Gasteiger partial charge in [0, 0.05) is 0 Å². The van der Waals surface area contributed by atoms with Crippen molar-refractivity contribution >= 4 is 17.6 Å². The molecule has 0 atom stereocenters. The molecule has 0 unspecified atom stereocenters. The Hall–Kier alpha value is -2.50. The van der Waals surface area contributed by atoms with Crippen LogP contribution in [0, 0.1) is 11.3 Å². The van der Waals surface area contributed by atoms with Gasteiger partial charge >= 0.3 is 5.97 Å². The summed E-state index contributed by atoms with van der Waals surface area (Å²) in [5.41, 5.74) is 1.85. The number of hydrogen-bond acceptors (Lipinski definition) is 8. The molecule has 0 fully saturated rings. The van der Waals surface area contributed by atoms with Gasteiger partial charge in [0.05, 0.1) is 6.61 Å². The smallest absolute Gasteiger partial charge is 0.369 e. The predicted molar refractivity (Wildman–Crippen MR) is 47.5 cm³/mol. The molecule has 0 saturated carbocycles. The molecule has 15 heavy (non-hydrogen) atoms. The number of anilines is 1. The molecule has 0 bridgehead atoms. The second-order valence-corrected chi connectivity index (χ2v) is 2.14. The van der Waals surface area contributed by atoms with Gasteiger partial charge in [-0.2, -0.15) is 15.6 Å². The van der Waals surface area contributed by atoms with E-state index in [2.05, 4.69) is 35.9 Å². The summed E-state index contributed by atoms with van der Waals surface area (Å²) >= 11 is 0. The lowest BCUT2D eigenvalue weighted by Gasteiger charge is -1.97. The Morgan fingerprint density at radius 1 is 1.80 bits per heavy atom. The van der Waals surface area contributed by atoms with Gasteiger partial charge in [0.2, 0.25) is 5.71 Å². The van der Waals surface area contributed by atoms with Gasteiger partial charge in [-0.25, -0.2) is 10.2 Å². The molecule has 1 aromatic rings. The Balaban J connectivity index is 2.63. The summed E-state index contributed by atoms with van der Waals surface area (Å²) < 4.78 is 4.57. The highest BCUT2D eigenvalue weighted by Gasteiger charge is 2.11. The molecule has 9 nitrogen and oxygen atoms in total. The number of nitriles is 1. The average Bonchev–Trinajstić information content (AvgIpc) is 2.72. The maximum absolute atomic E-state index is 11.1. The van der Waals surface area contributed by atoms with Crippen LogP contribution in [0.15, 0.2) is 5.10 Å². The Morgan fingerprint density at radius 3 is 3.13 bits per heavy atom. The summed E-state index contributed by atoms with van der Waals surface area (Å²) in [6.45, 7) is 1.79. The van der Waals surface area contributed by atoms with Gasteiger partial charge in [0.1, 0.15) is 6.07 Å². The molecule has 1 heterocycles. The van der Waals surface area contributed by atoms with Crippen LogP contribution in [0.4, 0.5) is 5.95 Å². The molecular formula is C6H7N7O2. The Morgan fingerprint density at radius 2 is 2.60 bits per heavy atom. The van der Waals surface area contributed by atoms with Crippen LogP contribution in [0.25, 0.3) is 0 Å². The minimum atomic E-state index is -0.809. The van der Waals surface area contributed by atoms with E-state index in [0.29, 0.717) is 0 Å². The van der Waals surface area contributed by atoms with E-state index in [4.69, 9.17) is 5.26 Å². The summed E-state index contributed by atoms with van der Waals surface area (Å²) in [6.07, 6.45) is 0. The number of aromatic amines is 1. The van der Waals surface area contributed by atoms with E-state index in [0.717, 1.165) is 0 Å². The quantitative estimate of drug-likeness (QED) is 0.372. The van der Waals surface area contributed by atoms with E-state index in [9.17, 15) is 4.79 Å². The van der Waals surface area contributed by atoms with Gasteiger partial charge in [0.25, 0.3) is 5.95 Å². The molecule has 1 rings (SSSR count). The van der Waals surface area contributed by atoms with Gasteiger partial charge < -0.3 is 4.74 Å². The summed E-state index contributed by atoms with van der Waals surface area (Å²) in [5.74, 6) is -0.761. The average molecular weight is 210 g/mol. The highest BCUT2D eigenvalue weighted by molar-refractivity contribution is 6.43. The zero-order valence-electron chi connectivity index (χ0n) is 7.76. The van der Waals surface area contributed by atoms with Gasteiger partial charge in [-0.3, -0.25) is 0 Å². The van der Waals surface area contributed by atoms with E-state index in [-0.39, 0.29) is 12.6 Å². The largest absolute Gasteiger partial charge is 0.461 e. The van der Waals surface area contributed by atoms with Crippen LogP contribution in [-0.4, -0.2) is 38.9 Å². The first-order valence-electron chi connectivity index (χ1n) is 3.92. The van der Waals surface area contributed by atoms with E-state index < -0.39 is 11.7 Å². The molecule has 1 aromatic heterocycles. The van der Waals surface area contributed by atoms with Crippen LogP contribution in [-0.2, 0) is 9.53 Å². The minimum Gasteiger partial charge on any atom is -0.461 e. The normalized spacial score (nSPS) is 10.5. The molecule has 0 aliphatic rings. The molecular weight excluding hydrogens is 203 g/mol. The molecule has 0 amide bonds. The van der Waals surface area contributed by atoms with Crippen molar-refractivity contribution in [3.05, 3.63) is 0 Å². The van der Waals surface area contributed by atoms with Crippen molar-refractivity contribution in [1.82, 2.24) is 20.6 Å². The fourth-order valence-electron chi connectivity index (χ4n) is 0.631. The summed E-state index contributed by atoms with van der Waals surface area (Å²) in [5, 5.41) is 24.4. The van der Waals surface area contributed by atoms with Crippen molar-refractivity contribution in [2.45, 2.75) is 6.92 Å². The highest BCUT2D eigenvalue weighted by atomic mass is 16.5. The number of carbonyl (C=O) groups is 1. The zero-order chi connectivity index (χ0) is 11.1. The lowest BCUT2D eigenvalue weighted by Crippen LogP contribution is -2.17. The van der Waals surface area contributed by atoms with Crippen molar-refractivity contribution in [1.29, 1.82) is 5.26 Å². The van der Waals surface area contributed by atoms with Crippen molar-refractivity contribution in [3.63, 3.8) is 0 Å². The first kappa shape index (κ1) is 10.6. The van der Waals surface area contributed by atoms with Crippen LogP contribution in [0.3, 0.4) is 0 Å². The van der Waals surface area contributed by atoms with Crippen molar-refractivity contribution in [2.24, 2.45) is 5.10 Å². The first-order valence-corrected chi connectivity index (χ1v) is 3.92. The number of nitrogens with zero attached hydrogens (tertiary/aromatic N) is 5. The van der Waals surface area contributed by atoms with Crippen LogP contribution in [0.2, 0.25) is 0 Å². The van der Waals surface area contributed by atoms with Gasteiger partial charge in [-0.05, 0) is 12.1 Å². The van der Waals surface area contributed by atoms with Crippen LogP contribution >= 0.6 is 0 Å². The second-order valence-electron chi connectivity index (χ2n) is 2.14. The standard InChI is InChI=1S/C6H7N7O2/c1-2-15-5(14)4(3-7)8-9-6-10-12-13-11-6/h2H2,1H3,(H2,9,10,11,12,13)/b8-4+/i12+1. The van der Waals surface area contributed by atoms with Gasteiger partial charge in [-0.15, -0.1) is 5.10 Å². The zero-order valence-corrected chi connectivity index (χ0v) is 7.76. The molecule has 0 spiro atoms. The molecule has 0 aromatic carbocycles. The third-order valence-corrected chi connectivity index (χ3v) is 1.19. The third kappa shape index (κ3) is 3.03. The van der Waals surface area contributed by atoms with E-state index >= 15 is 0 Å². The van der Waals surface area contributed by atoms with Crippen LogP contribution in [0.1, 0.15) is 6.92 Å². The van der Waals surface area contributed by atoms with E-state index in [1.54, 1.807) is 13.0 Å². The van der Waals surface area contributed by atoms with Gasteiger partial charge in [0.15, 0.2) is 0 Å². The van der Waals surface area contributed by atoms with E-state index in [1.807, 2.05) is 0 Å². The fraction of sp³-hybridized carbons (Fsp3) is 0.333. The Bertz CT molecular complexity index is 390. The maximum Gasteiger partial charge on any atom is 0.369 e. The molecule has 0 radical (unpaired) electrons. The van der Waals surface area contributed by atoms with Crippen molar-refractivity contribution < 1.29 is 9.53 Å². The molecule has 78 valence electrons. The second kappa shape index (κ2) is 5.28. The van der Waals surface area contributed by atoms with Crippen LogP contribution in [0.5, 0.6) is 0 Å². The lowest BCUT2D eigenvalue weighted by molar-refractivity contribution is -0.134. The summed E-state index contributed by atoms with van der Waals surface area (Å²) in [6, 6.07) is 1.58. The number of nitrogens with one attached hydrogen (secondary N) is 2. The molecule has 0 saturated heterocycles. The number of H-pyrrole nitrogens is 1. The van der Waals surface area contributed by atoms with Crippen molar-refractivity contribution in [3.8, 4) is 6.07 Å². The molecule has 0 aliphatic heterocycles. The highest BCUT2D eigenvalue weighted by Crippen LogP contribution is 1.91. The number of carbonyl (C=O) groups excluding carboxylic acids is 1. The monoisotopic (exact) mass is 210 g/mol. The third-order valence-electron chi connectivity index (χ3n) is 1.19. The molecule has 0 aliphatic carbocycles. The predicted octanol–water partition coefficient (Wildman–Crippen LogP) is -0.946. The number of hydrazone groups is 1. The SMILES string of the molecule is CCOC(=O)/C(C#N)=N/Nc1nn[15nH]n1. The summed E-state index contributed by atoms with van der Waals surface area (Å²) in [7, 11) is 0. The number of tetrazole rings is 1. The first-order chi connectivity index (χ1) is 7.27. The number of hydrogen-bond donors (Lipinski definition) is 2. The van der Waals surface area contributed by atoms with E-state index in [1.165, 1.54) is 0 Å². The van der Waals surface area contributed by atoms with Gasteiger partial charge in [-0.1, -0.05) is 5.10 Å². The molecule has 2 N–H and O–H groups in total. The fourth-order valence-corrected chi connectivity index (χ4v) is 0.631. The van der Waals surface area contributed by atoms with Crippen LogP contribution < -0.4 is 5.43 Å². The maximum atomic E-state index is 11.1. The lowest BCUT2D eigenvalue weighted by atomic mass is 10.4. The minimum absolute atomic E-state index is 0.0482. The summed E-state index contributed by atoms with van der Waals surface area (Å²) in [4.78, 5) is 11.1. The number of ether oxygens (including phenoxy) is 1. The topological polar surface area (TPSA) is 129 Å². The Kier molecular flexibility index (Phi) is 3.72. The van der Waals surface area contributed by atoms with Crippen molar-refractivity contribution in [2.75, 3.05) is 12.0 Å². The molecule has 9 heteroatoms. The number of rotatable bonds is 4. The number of aromatic nitrogens is 4. The number of esters is 1.